The standard InChI is InChI=1S/C17H16O4S/c1-2-11-21-13-6-3-12(4-7-13)5-8-14(18)15-9-10-16(22-15)17(19)20/h3-10H,2,11H2,1H3,(H,19,20)/b8-5+. The Hall–Kier alpha value is -2.40. The van der Waals surface area contributed by atoms with Crippen LogP contribution in [0.5, 0.6) is 5.75 Å². The van der Waals surface area contributed by atoms with E-state index in [1.54, 1.807) is 6.08 Å². The molecule has 0 atom stereocenters. The molecule has 0 radical (unpaired) electrons. The van der Waals surface area contributed by atoms with Gasteiger partial charge in [-0.15, -0.1) is 11.3 Å². The smallest absolute Gasteiger partial charge is 0.345 e. The maximum Gasteiger partial charge on any atom is 0.345 e. The van der Waals surface area contributed by atoms with Crippen LogP contribution in [-0.2, 0) is 0 Å². The van der Waals surface area contributed by atoms with E-state index in [2.05, 4.69) is 0 Å². The number of carboxylic acids is 1. The Balaban J connectivity index is 2.00. The minimum absolute atomic E-state index is 0.161. The molecule has 0 saturated carbocycles. The first-order chi connectivity index (χ1) is 10.6. The number of rotatable bonds is 7. The Morgan fingerprint density at radius 1 is 1.14 bits per heavy atom. The quantitative estimate of drug-likeness (QED) is 0.616. The summed E-state index contributed by atoms with van der Waals surface area (Å²) < 4.78 is 5.49. The first kappa shape index (κ1) is 16.0. The highest BCUT2D eigenvalue weighted by molar-refractivity contribution is 7.16. The molecule has 22 heavy (non-hydrogen) atoms. The van der Waals surface area contributed by atoms with Crippen molar-refractivity contribution in [3.05, 3.63) is 57.8 Å². The molecule has 0 aliphatic carbocycles. The lowest BCUT2D eigenvalue weighted by Gasteiger charge is -2.03. The molecule has 0 saturated heterocycles. The van der Waals surface area contributed by atoms with E-state index in [1.807, 2.05) is 31.2 Å². The molecule has 114 valence electrons. The van der Waals surface area contributed by atoms with Gasteiger partial charge in [0.1, 0.15) is 10.6 Å². The molecule has 0 spiro atoms. The summed E-state index contributed by atoms with van der Waals surface area (Å²) in [4.78, 5) is 23.3. The van der Waals surface area contributed by atoms with Gasteiger partial charge in [0.05, 0.1) is 11.5 Å². The van der Waals surface area contributed by atoms with E-state index in [-0.39, 0.29) is 10.7 Å². The normalized spacial score (nSPS) is 10.8. The van der Waals surface area contributed by atoms with Gasteiger partial charge in [-0.1, -0.05) is 25.1 Å². The van der Waals surface area contributed by atoms with Crippen LogP contribution >= 0.6 is 11.3 Å². The van der Waals surface area contributed by atoms with Crippen LogP contribution in [0.4, 0.5) is 0 Å². The van der Waals surface area contributed by atoms with Gasteiger partial charge in [-0.25, -0.2) is 4.79 Å². The Labute approximate surface area is 132 Å². The molecule has 0 bridgehead atoms. The lowest BCUT2D eigenvalue weighted by molar-refractivity contribution is 0.0702. The Kier molecular flexibility index (Phi) is 5.49. The SMILES string of the molecule is CCCOc1ccc(/C=C/C(=O)c2ccc(C(=O)O)s2)cc1. The molecule has 1 aromatic heterocycles. The van der Waals surface area contributed by atoms with Crippen LogP contribution in [0.2, 0.25) is 0 Å². The average molecular weight is 316 g/mol. The van der Waals surface area contributed by atoms with E-state index in [4.69, 9.17) is 9.84 Å². The van der Waals surface area contributed by atoms with Gasteiger partial charge in [-0.2, -0.15) is 0 Å². The van der Waals surface area contributed by atoms with Gasteiger partial charge < -0.3 is 9.84 Å². The van der Waals surface area contributed by atoms with E-state index >= 15 is 0 Å². The zero-order chi connectivity index (χ0) is 15.9. The van der Waals surface area contributed by atoms with E-state index in [0.29, 0.717) is 11.5 Å². The van der Waals surface area contributed by atoms with Crippen molar-refractivity contribution in [1.29, 1.82) is 0 Å². The van der Waals surface area contributed by atoms with Crippen molar-refractivity contribution >= 4 is 29.2 Å². The lowest BCUT2D eigenvalue weighted by atomic mass is 10.2. The second-order valence-electron chi connectivity index (χ2n) is 4.58. The summed E-state index contributed by atoms with van der Waals surface area (Å²) in [5.74, 6) is -0.422. The molecule has 2 rings (SSSR count). The molecule has 0 unspecified atom stereocenters. The van der Waals surface area contributed by atoms with Gasteiger partial charge in [0.15, 0.2) is 5.78 Å². The number of ether oxygens (including phenoxy) is 1. The number of carboxylic acid groups (broad SMARTS) is 1. The minimum atomic E-state index is -1.02. The average Bonchev–Trinajstić information content (AvgIpc) is 3.02. The third-order valence-corrected chi connectivity index (χ3v) is 3.93. The molecule has 0 aliphatic heterocycles. The fraction of sp³-hybridized carbons (Fsp3) is 0.176. The van der Waals surface area contributed by atoms with Crippen LogP contribution in [0, 0.1) is 0 Å². The summed E-state index contributed by atoms with van der Waals surface area (Å²) >= 11 is 0.975. The van der Waals surface area contributed by atoms with Crippen molar-refractivity contribution in [2.75, 3.05) is 6.61 Å². The molecule has 0 fully saturated rings. The second kappa shape index (κ2) is 7.56. The monoisotopic (exact) mass is 316 g/mol. The number of thiophene rings is 1. The van der Waals surface area contributed by atoms with Crippen LogP contribution in [0.3, 0.4) is 0 Å². The number of carbonyl (C=O) groups excluding carboxylic acids is 1. The highest BCUT2D eigenvalue weighted by Gasteiger charge is 2.10. The third-order valence-electron chi connectivity index (χ3n) is 2.84. The van der Waals surface area contributed by atoms with Crippen LogP contribution < -0.4 is 4.74 Å². The molecular formula is C17H16O4S. The van der Waals surface area contributed by atoms with Crippen LogP contribution in [0.25, 0.3) is 6.08 Å². The highest BCUT2D eigenvalue weighted by Crippen LogP contribution is 2.18. The van der Waals surface area contributed by atoms with E-state index in [9.17, 15) is 9.59 Å². The summed E-state index contributed by atoms with van der Waals surface area (Å²) in [7, 11) is 0. The number of aromatic carboxylic acids is 1. The Bertz CT molecular complexity index is 683. The lowest BCUT2D eigenvalue weighted by Crippen LogP contribution is -1.94. The molecule has 2 aromatic rings. The maximum absolute atomic E-state index is 12.0. The summed E-state index contributed by atoms with van der Waals surface area (Å²) in [6.45, 7) is 2.72. The number of hydrogen-bond acceptors (Lipinski definition) is 4. The Morgan fingerprint density at radius 3 is 2.41 bits per heavy atom. The maximum atomic E-state index is 12.0. The molecular weight excluding hydrogens is 300 g/mol. The van der Waals surface area contributed by atoms with Crippen LogP contribution in [0.15, 0.2) is 42.5 Å². The van der Waals surface area contributed by atoms with Crippen molar-refractivity contribution in [3.8, 4) is 5.75 Å². The first-order valence-electron chi connectivity index (χ1n) is 6.88. The number of hydrogen-bond donors (Lipinski definition) is 1. The summed E-state index contributed by atoms with van der Waals surface area (Å²) in [6.07, 6.45) is 4.10. The Morgan fingerprint density at radius 2 is 1.82 bits per heavy atom. The van der Waals surface area contributed by atoms with Gasteiger partial charge in [-0.3, -0.25) is 4.79 Å². The van der Waals surface area contributed by atoms with Crippen molar-refractivity contribution < 1.29 is 19.4 Å². The van der Waals surface area contributed by atoms with Crippen LogP contribution in [0.1, 0.15) is 38.3 Å². The van der Waals surface area contributed by atoms with Gasteiger partial charge in [-0.05, 0) is 42.3 Å². The highest BCUT2D eigenvalue weighted by atomic mass is 32.1. The molecule has 1 heterocycles. The first-order valence-corrected chi connectivity index (χ1v) is 7.70. The van der Waals surface area contributed by atoms with Gasteiger partial charge >= 0.3 is 5.97 Å². The second-order valence-corrected chi connectivity index (χ2v) is 5.67. The van der Waals surface area contributed by atoms with E-state index in [0.717, 1.165) is 29.1 Å². The molecule has 0 amide bonds. The van der Waals surface area contributed by atoms with Gasteiger partial charge in [0.2, 0.25) is 0 Å². The molecule has 1 aromatic carbocycles. The van der Waals surface area contributed by atoms with E-state index in [1.165, 1.54) is 18.2 Å². The van der Waals surface area contributed by atoms with E-state index < -0.39 is 5.97 Å². The molecule has 4 nitrogen and oxygen atoms in total. The minimum Gasteiger partial charge on any atom is -0.494 e. The van der Waals surface area contributed by atoms with Crippen molar-refractivity contribution in [3.63, 3.8) is 0 Å². The number of carbonyl (C=O) groups is 2. The summed E-state index contributed by atoms with van der Waals surface area (Å²) in [5.41, 5.74) is 0.882. The molecule has 0 aliphatic rings. The predicted octanol–water partition coefficient (Wildman–Crippen LogP) is 4.13. The summed E-state index contributed by atoms with van der Waals surface area (Å²) in [5, 5.41) is 8.84. The molecule has 5 heteroatoms. The predicted molar refractivity (Wildman–Crippen MR) is 86.9 cm³/mol. The zero-order valence-corrected chi connectivity index (χ0v) is 12.9. The fourth-order valence-corrected chi connectivity index (χ4v) is 2.50. The van der Waals surface area contributed by atoms with Gasteiger partial charge in [0, 0.05) is 0 Å². The number of benzene rings is 1. The number of ketones is 1. The zero-order valence-electron chi connectivity index (χ0n) is 12.1. The third kappa shape index (κ3) is 4.30. The summed E-state index contributed by atoms with van der Waals surface area (Å²) in [6, 6.07) is 10.4. The molecule has 1 N–H and O–H groups in total. The van der Waals surface area contributed by atoms with Crippen molar-refractivity contribution in [2.24, 2.45) is 0 Å². The van der Waals surface area contributed by atoms with Crippen molar-refractivity contribution in [2.45, 2.75) is 13.3 Å². The fourth-order valence-electron chi connectivity index (χ4n) is 1.73. The largest absolute Gasteiger partial charge is 0.494 e. The van der Waals surface area contributed by atoms with Gasteiger partial charge in [0.25, 0.3) is 0 Å². The number of allylic oxidation sites excluding steroid dienone is 1. The van der Waals surface area contributed by atoms with Crippen molar-refractivity contribution in [1.82, 2.24) is 0 Å². The topological polar surface area (TPSA) is 63.6 Å². The van der Waals surface area contributed by atoms with Crippen LogP contribution in [-0.4, -0.2) is 23.5 Å².